The maximum Gasteiger partial charge on any atom is 0.508 e. The molecular formula is C39H78O3. The second kappa shape index (κ2) is 38.3. The summed E-state index contributed by atoms with van der Waals surface area (Å²) in [6.45, 7) is 5.60. The first-order valence-electron chi connectivity index (χ1n) is 19.6. The number of hydrogen-bond acceptors (Lipinski definition) is 3. The van der Waals surface area contributed by atoms with Crippen molar-refractivity contribution in [1.29, 1.82) is 0 Å². The Bertz CT molecular complexity index is 450. The van der Waals surface area contributed by atoms with Crippen LogP contribution >= 0.6 is 0 Å². The summed E-state index contributed by atoms with van der Waals surface area (Å²) in [6, 6.07) is 0. The van der Waals surface area contributed by atoms with E-state index in [2.05, 4.69) is 13.8 Å². The molecule has 0 unspecified atom stereocenters. The van der Waals surface area contributed by atoms with Crippen LogP contribution < -0.4 is 0 Å². The normalized spacial score (nSPS) is 11.3. The molecule has 0 spiro atoms. The quantitative estimate of drug-likeness (QED) is 0.0534. The molecule has 252 valence electrons. The number of unbranched alkanes of at least 4 members (excludes halogenated alkanes) is 32. The van der Waals surface area contributed by atoms with Crippen LogP contribution in [0, 0.1) is 0 Å². The average Bonchev–Trinajstić information content (AvgIpc) is 3.00. The highest BCUT2D eigenvalue weighted by Gasteiger charge is 2.03. The second-order valence-corrected chi connectivity index (χ2v) is 13.3. The minimum Gasteiger partial charge on any atom is -0.434 e. The molecule has 0 saturated heterocycles. The van der Waals surface area contributed by atoms with Gasteiger partial charge < -0.3 is 9.47 Å². The van der Waals surface area contributed by atoms with Crippen LogP contribution in [0.3, 0.4) is 0 Å². The smallest absolute Gasteiger partial charge is 0.434 e. The lowest BCUT2D eigenvalue weighted by Crippen LogP contribution is -2.09. The van der Waals surface area contributed by atoms with E-state index in [-0.39, 0.29) is 0 Å². The average molecular weight is 595 g/mol. The highest BCUT2D eigenvalue weighted by Crippen LogP contribution is 2.15. The molecule has 0 aromatic rings. The summed E-state index contributed by atoms with van der Waals surface area (Å²) in [4.78, 5) is 11.7. The van der Waals surface area contributed by atoms with E-state index < -0.39 is 6.16 Å². The Hall–Kier alpha value is -0.730. The molecule has 0 radical (unpaired) electrons. The molecule has 0 saturated carbocycles. The van der Waals surface area contributed by atoms with Gasteiger partial charge in [-0.1, -0.05) is 219 Å². The maximum absolute atomic E-state index is 11.7. The van der Waals surface area contributed by atoms with Crippen LogP contribution in [0.1, 0.15) is 232 Å². The molecule has 42 heavy (non-hydrogen) atoms. The third-order valence-corrected chi connectivity index (χ3v) is 8.94. The van der Waals surface area contributed by atoms with E-state index in [1.807, 2.05) is 0 Å². The topological polar surface area (TPSA) is 35.5 Å². The SMILES string of the molecule is CCCCCCCCCCCCCCCCCCCOC(=O)OCCCCCCCCCCCCCCCCCCC. The Labute approximate surface area is 265 Å². The van der Waals surface area contributed by atoms with Crippen molar-refractivity contribution in [2.24, 2.45) is 0 Å². The third kappa shape index (κ3) is 37.3. The summed E-state index contributed by atoms with van der Waals surface area (Å²) in [5, 5.41) is 0. The minimum atomic E-state index is -0.469. The molecule has 0 aromatic carbocycles. The summed E-state index contributed by atoms with van der Waals surface area (Å²) in [5.74, 6) is 0. The van der Waals surface area contributed by atoms with E-state index >= 15 is 0 Å². The van der Waals surface area contributed by atoms with Crippen molar-refractivity contribution < 1.29 is 14.3 Å². The van der Waals surface area contributed by atoms with Crippen LogP contribution in [0.5, 0.6) is 0 Å². The van der Waals surface area contributed by atoms with Gasteiger partial charge in [-0.15, -0.1) is 0 Å². The maximum atomic E-state index is 11.7. The Morgan fingerprint density at radius 1 is 0.286 bits per heavy atom. The zero-order valence-corrected chi connectivity index (χ0v) is 29.2. The fourth-order valence-electron chi connectivity index (χ4n) is 6.01. The lowest BCUT2D eigenvalue weighted by Gasteiger charge is -2.07. The van der Waals surface area contributed by atoms with Gasteiger partial charge in [-0.05, 0) is 12.8 Å². The van der Waals surface area contributed by atoms with Crippen LogP contribution in [0.2, 0.25) is 0 Å². The Balaban J connectivity index is 3.14. The van der Waals surface area contributed by atoms with Gasteiger partial charge in [0, 0.05) is 0 Å². The predicted octanol–water partition coefficient (Wildman–Crippen LogP) is 14.4. The van der Waals surface area contributed by atoms with Crippen molar-refractivity contribution in [2.45, 2.75) is 232 Å². The van der Waals surface area contributed by atoms with Gasteiger partial charge in [0.1, 0.15) is 0 Å². The van der Waals surface area contributed by atoms with Gasteiger partial charge in [-0.25, -0.2) is 4.79 Å². The standard InChI is InChI=1S/C39H78O3/c1-3-5-7-9-11-13-15-17-19-21-23-25-27-29-31-33-35-37-41-39(40)42-38-36-34-32-30-28-26-24-22-20-18-16-14-12-10-8-6-4-2/h3-38H2,1-2H3. The van der Waals surface area contributed by atoms with E-state index in [1.165, 1.54) is 193 Å². The number of rotatable bonds is 36. The summed E-state index contributed by atoms with van der Waals surface area (Å²) in [5.41, 5.74) is 0. The summed E-state index contributed by atoms with van der Waals surface area (Å²) in [7, 11) is 0. The number of carbonyl (C=O) groups is 1. The molecule has 0 aromatic heterocycles. The lowest BCUT2D eigenvalue weighted by atomic mass is 10.0. The Morgan fingerprint density at radius 3 is 0.643 bits per heavy atom. The highest BCUT2D eigenvalue weighted by atomic mass is 16.7. The first-order valence-corrected chi connectivity index (χ1v) is 19.6. The van der Waals surface area contributed by atoms with Crippen molar-refractivity contribution >= 4 is 6.16 Å². The summed E-state index contributed by atoms with van der Waals surface area (Å²) in [6.07, 6.45) is 45.8. The fourth-order valence-corrected chi connectivity index (χ4v) is 6.01. The fraction of sp³-hybridized carbons (Fsp3) is 0.974. The highest BCUT2D eigenvalue weighted by molar-refractivity contribution is 5.59. The molecule has 0 bridgehead atoms. The minimum absolute atomic E-state index is 0.469. The van der Waals surface area contributed by atoms with Crippen molar-refractivity contribution in [2.75, 3.05) is 13.2 Å². The van der Waals surface area contributed by atoms with Gasteiger partial charge in [0.15, 0.2) is 0 Å². The van der Waals surface area contributed by atoms with E-state index in [1.54, 1.807) is 0 Å². The van der Waals surface area contributed by atoms with Gasteiger partial charge in [-0.2, -0.15) is 0 Å². The molecule has 3 heteroatoms. The van der Waals surface area contributed by atoms with Gasteiger partial charge in [0.05, 0.1) is 13.2 Å². The monoisotopic (exact) mass is 595 g/mol. The molecule has 0 heterocycles. The van der Waals surface area contributed by atoms with Gasteiger partial charge in [0.2, 0.25) is 0 Å². The third-order valence-electron chi connectivity index (χ3n) is 8.94. The summed E-state index contributed by atoms with van der Waals surface area (Å²) >= 11 is 0. The van der Waals surface area contributed by atoms with Crippen LogP contribution in [-0.2, 0) is 9.47 Å². The van der Waals surface area contributed by atoms with E-state index in [0.717, 1.165) is 25.7 Å². The van der Waals surface area contributed by atoms with E-state index in [0.29, 0.717) is 13.2 Å². The van der Waals surface area contributed by atoms with E-state index in [9.17, 15) is 4.79 Å². The Kier molecular flexibility index (Phi) is 37.6. The molecule has 0 fully saturated rings. The number of hydrogen-bond donors (Lipinski definition) is 0. The lowest BCUT2D eigenvalue weighted by molar-refractivity contribution is 0.0529. The van der Waals surface area contributed by atoms with Gasteiger partial charge in [-0.3, -0.25) is 0 Å². The zero-order valence-electron chi connectivity index (χ0n) is 29.2. The van der Waals surface area contributed by atoms with Crippen molar-refractivity contribution in [3.63, 3.8) is 0 Å². The van der Waals surface area contributed by atoms with Crippen molar-refractivity contribution in [3.8, 4) is 0 Å². The van der Waals surface area contributed by atoms with Crippen LogP contribution in [0.15, 0.2) is 0 Å². The molecule has 0 aliphatic heterocycles. The molecule has 0 rings (SSSR count). The van der Waals surface area contributed by atoms with Crippen molar-refractivity contribution in [3.05, 3.63) is 0 Å². The zero-order chi connectivity index (χ0) is 30.4. The van der Waals surface area contributed by atoms with Crippen LogP contribution in [-0.4, -0.2) is 19.4 Å². The molecule has 0 amide bonds. The van der Waals surface area contributed by atoms with Gasteiger partial charge >= 0.3 is 6.16 Å². The second-order valence-electron chi connectivity index (χ2n) is 13.3. The molecule has 0 aliphatic rings. The predicted molar refractivity (Wildman–Crippen MR) is 186 cm³/mol. The molecule has 0 aliphatic carbocycles. The largest absolute Gasteiger partial charge is 0.508 e. The molecule has 0 N–H and O–H groups in total. The molecule has 0 atom stereocenters. The van der Waals surface area contributed by atoms with Crippen LogP contribution in [0.25, 0.3) is 0 Å². The van der Waals surface area contributed by atoms with Crippen LogP contribution in [0.4, 0.5) is 4.79 Å². The van der Waals surface area contributed by atoms with Gasteiger partial charge in [0.25, 0.3) is 0 Å². The number of carbonyl (C=O) groups excluding carboxylic acids is 1. The number of ether oxygens (including phenoxy) is 2. The molecular weight excluding hydrogens is 516 g/mol. The molecule has 3 nitrogen and oxygen atoms in total. The first kappa shape index (κ1) is 41.3. The van der Waals surface area contributed by atoms with Crippen molar-refractivity contribution in [1.82, 2.24) is 0 Å². The Morgan fingerprint density at radius 2 is 0.452 bits per heavy atom. The van der Waals surface area contributed by atoms with E-state index in [4.69, 9.17) is 9.47 Å². The summed E-state index contributed by atoms with van der Waals surface area (Å²) < 4.78 is 10.5. The first-order chi connectivity index (χ1) is 20.8.